The number of para-hydroxylation sites is 1. The monoisotopic (exact) mass is 226 g/mol. The van der Waals surface area contributed by atoms with Crippen LogP contribution in [0.2, 0.25) is 0 Å². The molecule has 3 heteroatoms. The van der Waals surface area contributed by atoms with Gasteiger partial charge >= 0.3 is 102 Å². The summed E-state index contributed by atoms with van der Waals surface area (Å²) in [5, 5.41) is 5.54. The van der Waals surface area contributed by atoms with Gasteiger partial charge in [0.25, 0.3) is 0 Å². The summed E-state index contributed by atoms with van der Waals surface area (Å²) in [6.45, 7) is 1.18. The van der Waals surface area contributed by atoms with Crippen LogP contribution in [0.3, 0.4) is 0 Å². The van der Waals surface area contributed by atoms with Crippen LogP contribution in [0, 0.1) is 0 Å². The van der Waals surface area contributed by atoms with E-state index in [-0.39, 0.29) is 15.0 Å². The Kier molecular flexibility index (Phi) is 2.39. The Hall–Kier alpha value is -1.04. The number of aromatic nitrogens is 1. The molecule has 2 aromatic rings. The molecule has 1 aliphatic rings. The molecule has 0 spiro atoms. The second-order valence-corrected chi connectivity index (χ2v) is 5.35. The molecule has 3 rings (SSSR count). The molecular formula is C13H15AlN2. The van der Waals surface area contributed by atoms with Gasteiger partial charge in [0.15, 0.2) is 0 Å². The van der Waals surface area contributed by atoms with Gasteiger partial charge < -0.3 is 0 Å². The molecule has 1 aromatic carbocycles. The third kappa shape index (κ3) is 1.29. The van der Waals surface area contributed by atoms with Crippen molar-refractivity contribution in [1.29, 1.82) is 0 Å². The summed E-state index contributed by atoms with van der Waals surface area (Å²) < 4.78 is 4.81. The topological polar surface area (TPSA) is 8.17 Å². The number of rotatable bonds is 1. The van der Waals surface area contributed by atoms with Crippen LogP contribution in [0.5, 0.6) is 0 Å². The minimum atomic E-state index is 0.136. The summed E-state index contributed by atoms with van der Waals surface area (Å²) in [5.41, 5.74) is 2.88. The van der Waals surface area contributed by atoms with E-state index < -0.39 is 0 Å². The predicted molar refractivity (Wildman–Crippen MR) is 71.5 cm³/mol. The van der Waals surface area contributed by atoms with Gasteiger partial charge in [-0.3, -0.25) is 0 Å². The number of nitrogens with zero attached hydrogens (tertiary/aromatic N) is 2. The van der Waals surface area contributed by atoms with Crippen LogP contribution in [-0.2, 0) is 13.5 Å². The van der Waals surface area contributed by atoms with Crippen molar-refractivity contribution in [2.75, 3.05) is 10.4 Å². The van der Waals surface area contributed by atoms with Crippen LogP contribution in [0.25, 0.3) is 10.9 Å². The second kappa shape index (κ2) is 3.76. The van der Waals surface area contributed by atoms with E-state index >= 15 is 0 Å². The summed E-state index contributed by atoms with van der Waals surface area (Å²) in [6, 6.07) is 8.72. The van der Waals surface area contributed by atoms with Crippen molar-refractivity contribution in [2.45, 2.75) is 12.8 Å². The van der Waals surface area contributed by atoms with Crippen molar-refractivity contribution in [3.63, 3.8) is 0 Å². The first-order valence-corrected chi connectivity index (χ1v) is 7.11. The van der Waals surface area contributed by atoms with E-state index in [1.54, 1.807) is 0 Å². The first-order valence-electron chi connectivity index (χ1n) is 5.78. The second-order valence-electron chi connectivity index (χ2n) is 4.36. The first-order chi connectivity index (χ1) is 7.83. The van der Waals surface area contributed by atoms with E-state index in [4.69, 9.17) is 0 Å². The fraction of sp³-hybridized carbons (Fsp3) is 0.308. The number of anilines is 1. The van der Waals surface area contributed by atoms with Gasteiger partial charge in [-0.2, -0.15) is 0 Å². The molecule has 0 unspecified atom stereocenters. The standard InChI is InChI=1S/C12H13N2.CH2.Al/c1-14-11-7-3-2-5-9(11)10-6-4-8-13-12(10)14;;/h2-3,5,7H,4,6,8H2,1H3;1H2;/q-1;;+1. The average molecular weight is 226 g/mol. The van der Waals surface area contributed by atoms with Gasteiger partial charge in [0.05, 0.1) is 0 Å². The van der Waals surface area contributed by atoms with Crippen molar-refractivity contribution in [3.8, 4) is 0 Å². The molecule has 0 radical (unpaired) electrons. The molecule has 0 N–H and O–H groups in total. The molecule has 1 aliphatic heterocycles. The Bertz CT molecular complexity index is 556. The van der Waals surface area contributed by atoms with Gasteiger partial charge in [-0.05, 0) is 0 Å². The van der Waals surface area contributed by atoms with Gasteiger partial charge in [0.2, 0.25) is 0 Å². The molecule has 0 fully saturated rings. The van der Waals surface area contributed by atoms with E-state index in [1.165, 1.54) is 41.7 Å². The molecule has 0 saturated carbocycles. The zero-order valence-corrected chi connectivity index (χ0v) is 10.8. The van der Waals surface area contributed by atoms with Crippen LogP contribution in [0.1, 0.15) is 12.0 Å². The normalized spacial score (nSPS) is 14.9. The summed E-state index contributed by atoms with van der Waals surface area (Å²) >= 11 is 0.136. The van der Waals surface area contributed by atoms with E-state index in [1.807, 2.05) is 0 Å². The van der Waals surface area contributed by atoms with Crippen molar-refractivity contribution >= 4 is 37.1 Å². The predicted octanol–water partition coefficient (Wildman–Crippen LogP) is 1.98. The third-order valence-corrected chi connectivity index (χ3v) is 4.44. The molecule has 0 atom stereocenters. The third-order valence-electron chi connectivity index (χ3n) is 3.50. The summed E-state index contributed by atoms with van der Waals surface area (Å²) in [7, 11) is 2.18. The average Bonchev–Trinajstić information content (AvgIpc) is 2.64. The van der Waals surface area contributed by atoms with E-state index in [2.05, 4.69) is 45.1 Å². The van der Waals surface area contributed by atoms with Crippen LogP contribution >= 0.6 is 0 Å². The van der Waals surface area contributed by atoms with Crippen LogP contribution < -0.4 is 3.88 Å². The SMILES string of the molecule is [CH2]=[Al][N]1CCCc2c1n(C)c1ccccc21. The zero-order valence-electron chi connectivity index (χ0n) is 9.61. The van der Waals surface area contributed by atoms with E-state index in [0.717, 1.165) is 0 Å². The van der Waals surface area contributed by atoms with Crippen molar-refractivity contribution in [2.24, 2.45) is 7.05 Å². The van der Waals surface area contributed by atoms with Crippen molar-refractivity contribution in [1.82, 2.24) is 4.57 Å². The van der Waals surface area contributed by atoms with Gasteiger partial charge in [0.1, 0.15) is 0 Å². The maximum absolute atomic E-state index is 4.12. The van der Waals surface area contributed by atoms with Gasteiger partial charge in [-0.15, -0.1) is 0 Å². The molecule has 0 saturated heterocycles. The Morgan fingerprint density at radius 3 is 2.94 bits per heavy atom. The number of hydrogen-bond acceptors (Lipinski definition) is 1. The fourth-order valence-electron chi connectivity index (χ4n) is 2.78. The molecular weight excluding hydrogens is 211 g/mol. The fourth-order valence-corrected chi connectivity index (χ4v) is 3.65. The number of benzene rings is 1. The van der Waals surface area contributed by atoms with Crippen LogP contribution in [-0.4, -0.2) is 31.5 Å². The zero-order chi connectivity index (χ0) is 11.1. The summed E-state index contributed by atoms with van der Waals surface area (Å²) in [6.07, 6.45) is 2.48. The Morgan fingerprint density at radius 1 is 1.31 bits per heavy atom. The molecule has 80 valence electrons. The Balaban J connectivity index is 2.37. The van der Waals surface area contributed by atoms with Crippen LogP contribution in [0.15, 0.2) is 24.3 Å². The van der Waals surface area contributed by atoms with E-state index in [9.17, 15) is 0 Å². The van der Waals surface area contributed by atoms with Crippen LogP contribution in [0.4, 0.5) is 5.82 Å². The maximum atomic E-state index is 4.12. The molecule has 2 heterocycles. The van der Waals surface area contributed by atoms with Crippen molar-refractivity contribution < 1.29 is 0 Å². The minimum absolute atomic E-state index is 0.136. The van der Waals surface area contributed by atoms with Gasteiger partial charge in [-0.25, -0.2) is 0 Å². The summed E-state index contributed by atoms with van der Waals surface area (Å²) in [4.78, 5) is 0. The molecule has 16 heavy (non-hydrogen) atoms. The molecule has 0 amide bonds. The van der Waals surface area contributed by atoms with Gasteiger partial charge in [-0.1, -0.05) is 0 Å². The molecule has 1 aromatic heterocycles. The number of aryl methyl sites for hydroxylation is 2. The Morgan fingerprint density at radius 2 is 2.12 bits per heavy atom. The quantitative estimate of drug-likeness (QED) is 0.675. The molecule has 0 aliphatic carbocycles. The van der Waals surface area contributed by atoms with E-state index in [0.29, 0.717) is 0 Å². The van der Waals surface area contributed by atoms with Gasteiger partial charge in [0, 0.05) is 0 Å². The Labute approximate surface area is 102 Å². The molecule has 0 bridgehead atoms. The molecule has 2 nitrogen and oxygen atoms in total. The number of fused-ring (bicyclic) bond motifs is 3. The van der Waals surface area contributed by atoms with Crippen molar-refractivity contribution in [3.05, 3.63) is 29.8 Å². The summed E-state index contributed by atoms with van der Waals surface area (Å²) in [5.74, 6) is 1.41. The first kappa shape index (κ1) is 10.1. The number of hydrogen-bond donors (Lipinski definition) is 0.